The number of ether oxygens (including phenoxy) is 2. The average molecular weight is 652 g/mol. The minimum Gasteiger partial charge on any atom is -0.480 e. The molecule has 0 saturated heterocycles. The number of hydrogen-bond acceptors (Lipinski definition) is 8. The van der Waals surface area contributed by atoms with Crippen LogP contribution in [0.15, 0.2) is 65.2 Å². The molecule has 1 aliphatic heterocycles. The predicted octanol–water partition coefficient (Wildman–Crippen LogP) is 7.33. The van der Waals surface area contributed by atoms with E-state index in [1.165, 1.54) is 26.6 Å². The summed E-state index contributed by atoms with van der Waals surface area (Å²) in [4.78, 5) is 14.5. The fourth-order valence-electron chi connectivity index (χ4n) is 4.63. The fourth-order valence-corrected chi connectivity index (χ4v) is 4.63. The summed E-state index contributed by atoms with van der Waals surface area (Å²) in [7, 11) is 3.11. The number of rotatable bonds is 12. The monoisotopic (exact) mass is 651 g/mol. The van der Waals surface area contributed by atoms with E-state index in [2.05, 4.69) is 20.3 Å². The summed E-state index contributed by atoms with van der Waals surface area (Å²) < 4.78 is 79.4. The van der Waals surface area contributed by atoms with Crippen molar-refractivity contribution in [2.45, 2.75) is 90.8 Å². The highest BCUT2D eigenvalue weighted by atomic mass is 19.4. The lowest BCUT2D eigenvalue weighted by atomic mass is 10.1. The first-order valence-corrected chi connectivity index (χ1v) is 15.1. The summed E-state index contributed by atoms with van der Waals surface area (Å²) in [5.41, 5.74) is 2.57. The molecule has 46 heavy (non-hydrogen) atoms. The summed E-state index contributed by atoms with van der Waals surface area (Å²) in [5.74, 6) is -2.43. The van der Waals surface area contributed by atoms with E-state index in [0.29, 0.717) is 28.9 Å². The largest absolute Gasteiger partial charge is 0.480 e. The van der Waals surface area contributed by atoms with Crippen molar-refractivity contribution in [2.75, 3.05) is 14.2 Å². The SMILES string of the molecule is CC.CC/C=C(/c1ccc(COC2N=C(c3c(OC)ncnc3C3CC3)NC=C2C(O)C(F)(F)F)cc1)N(C)/C=C(\C)C(C)(F)F. The first kappa shape index (κ1) is 36.6. The molecule has 2 aliphatic rings. The Morgan fingerprint density at radius 1 is 1.13 bits per heavy atom. The summed E-state index contributed by atoms with van der Waals surface area (Å²) in [6, 6.07) is 7.01. The van der Waals surface area contributed by atoms with Crippen molar-refractivity contribution in [3.63, 3.8) is 0 Å². The molecule has 1 aromatic carbocycles. The summed E-state index contributed by atoms with van der Waals surface area (Å²) in [6.07, 6.45) is -1.09. The number of aromatic nitrogens is 2. The van der Waals surface area contributed by atoms with Crippen molar-refractivity contribution in [2.24, 2.45) is 4.99 Å². The smallest absolute Gasteiger partial charge is 0.418 e. The van der Waals surface area contributed by atoms with Crippen LogP contribution in [0.2, 0.25) is 0 Å². The molecule has 0 bridgehead atoms. The van der Waals surface area contributed by atoms with Gasteiger partial charge in [-0.2, -0.15) is 13.2 Å². The lowest BCUT2D eigenvalue weighted by molar-refractivity contribution is -0.195. The van der Waals surface area contributed by atoms with Crippen LogP contribution in [0.4, 0.5) is 22.0 Å². The van der Waals surface area contributed by atoms with E-state index in [1.807, 2.05) is 26.8 Å². The topological polar surface area (TPSA) is 92.1 Å². The molecule has 8 nitrogen and oxygen atoms in total. The number of hydrogen-bond donors (Lipinski definition) is 2. The van der Waals surface area contributed by atoms with Gasteiger partial charge in [-0.1, -0.05) is 51.1 Å². The molecule has 0 spiro atoms. The number of aliphatic hydroxyl groups is 1. The van der Waals surface area contributed by atoms with Crippen molar-refractivity contribution in [3.8, 4) is 5.88 Å². The number of methoxy groups -OCH3 is 1. The van der Waals surface area contributed by atoms with Gasteiger partial charge in [0.1, 0.15) is 17.7 Å². The normalized spacial score (nSPS) is 18.1. The average Bonchev–Trinajstić information content (AvgIpc) is 3.88. The standard InChI is InChI=1S/C31H36F5N5O3.C2H6/c1-6-7-23(41(4)15-18(2)30(3,32)33)20-10-8-19(9-11-20)16-44-28-22(26(42)31(34,35)36)14-37-27(40-28)24-25(21-12-13-21)38-17-39-29(24)43-5;1-2/h7-11,14-15,17,21,26,28,42H,6,12-13,16H2,1-5H3,(H,37,40);1-2H3/b18-15+,23-7-;. The van der Waals surface area contributed by atoms with Gasteiger partial charge < -0.3 is 24.8 Å². The number of halogens is 5. The maximum Gasteiger partial charge on any atom is 0.418 e. The zero-order chi connectivity index (χ0) is 34.2. The van der Waals surface area contributed by atoms with Gasteiger partial charge in [-0.05, 0) is 37.3 Å². The zero-order valence-corrected chi connectivity index (χ0v) is 27.1. The predicted molar refractivity (Wildman–Crippen MR) is 167 cm³/mol. The van der Waals surface area contributed by atoms with E-state index >= 15 is 0 Å². The number of alkyl halides is 5. The number of aliphatic hydroxyl groups excluding tert-OH is 1. The summed E-state index contributed by atoms with van der Waals surface area (Å²) >= 11 is 0. The summed E-state index contributed by atoms with van der Waals surface area (Å²) in [6.45, 7) is 8.00. The van der Waals surface area contributed by atoms with Gasteiger partial charge in [-0.3, -0.25) is 0 Å². The van der Waals surface area contributed by atoms with Crippen LogP contribution < -0.4 is 10.1 Å². The molecule has 252 valence electrons. The highest BCUT2D eigenvalue weighted by Gasteiger charge is 2.45. The molecule has 1 fully saturated rings. The number of benzene rings is 1. The van der Waals surface area contributed by atoms with Crippen LogP contribution in [0.25, 0.3) is 5.70 Å². The summed E-state index contributed by atoms with van der Waals surface area (Å²) in [5, 5.41) is 12.9. The van der Waals surface area contributed by atoms with Gasteiger partial charge in [0, 0.05) is 49.1 Å². The molecule has 1 aromatic heterocycles. The molecule has 2 aromatic rings. The van der Waals surface area contributed by atoms with Crippen LogP contribution >= 0.6 is 0 Å². The molecule has 2 unspecified atom stereocenters. The second kappa shape index (κ2) is 15.6. The van der Waals surface area contributed by atoms with Gasteiger partial charge >= 0.3 is 6.18 Å². The Morgan fingerprint density at radius 2 is 1.78 bits per heavy atom. The minimum atomic E-state index is -4.95. The second-order valence-corrected chi connectivity index (χ2v) is 10.8. The van der Waals surface area contributed by atoms with Gasteiger partial charge in [0.05, 0.1) is 19.4 Å². The fraction of sp³-hybridized carbons (Fsp3) is 0.485. The third-order valence-corrected chi connectivity index (χ3v) is 7.28. The van der Waals surface area contributed by atoms with Gasteiger partial charge in [0.2, 0.25) is 5.88 Å². The molecular formula is C33H42F5N5O3. The molecule has 2 atom stereocenters. The number of amidine groups is 1. The number of allylic oxidation sites excluding steroid dienone is 2. The molecule has 4 rings (SSSR count). The van der Waals surface area contributed by atoms with Crippen LogP contribution in [0.3, 0.4) is 0 Å². The number of nitrogens with one attached hydrogen (secondary N) is 1. The maximum absolute atomic E-state index is 13.7. The van der Waals surface area contributed by atoms with Crippen molar-refractivity contribution < 1.29 is 36.5 Å². The quantitative estimate of drug-likeness (QED) is 0.232. The molecule has 1 saturated carbocycles. The van der Waals surface area contributed by atoms with Crippen LogP contribution in [0.5, 0.6) is 5.88 Å². The molecule has 2 heterocycles. The molecule has 1 aliphatic carbocycles. The van der Waals surface area contributed by atoms with E-state index in [4.69, 9.17) is 9.47 Å². The third kappa shape index (κ3) is 9.12. The lowest BCUT2D eigenvalue weighted by Gasteiger charge is -2.28. The van der Waals surface area contributed by atoms with Gasteiger partial charge in [-0.25, -0.2) is 23.7 Å². The molecule has 13 heteroatoms. The zero-order valence-electron chi connectivity index (χ0n) is 27.1. The molecular weight excluding hydrogens is 609 g/mol. The number of aliphatic imine (C=N–C) groups is 1. The van der Waals surface area contributed by atoms with E-state index < -0.39 is 30.0 Å². The van der Waals surface area contributed by atoms with E-state index in [1.54, 1.807) is 36.2 Å². The highest BCUT2D eigenvalue weighted by molar-refractivity contribution is 6.03. The van der Waals surface area contributed by atoms with Gasteiger partial charge in [-0.15, -0.1) is 0 Å². The second-order valence-electron chi connectivity index (χ2n) is 10.8. The Kier molecular flexibility index (Phi) is 12.4. The lowest BCUT2D eigenvalue weighted by Crippen LogP contribution is -2.40. The van der Waals surface area contributed by atoms with Gasteiger partial charge in [0.25, 0.3) is 5.92 Å². The highest BCUT2D eigenvalue weighted by Crippen LogP contribution is 2.42. The first-order chi connectivity index (χ1) is 21.7. The Labute approximate surface area is 266 Å². The van der Waals surface area contributed by atoms with Gasteiger partial charge in [0.15, 0.2) is 12.3 Å². The van der Waals surface area contributed by atoms with E-state index in [0.717, 1.165) is 31.5 Å². The Bertz CT molecular complexity index is 1450. The first-order valence-electron chi connectivity index (χ1n) is 15.1. The third-order valence-electron chi connectivity index (χ3n) is 7.28. The van der Waals surface area contributed by atoms with E-state index in [-0.39, 0.29) is 29.8 Å². The molecule has 0 radical (unpaired) electrons. The van der Waals surface area contributed by atoms with Crippen molar-refractivity contribution >= 4 is 11.5 Å². The van der Waals surface area contributed by atoms with Crippen LogP contribution in [-0.4, -0.2) is 64.4 Å². The number of nitrogens with zero attached hydrogens (tertiary/aromatic N) is 4. The Balaban J connectivity index is 0.00000282. The van der Waals surface area contributed by atoms with E-state index in [9.17, 15) is 27.1 Å². The van der Waals surface area contributed by atoms with Crippen molar-refractivity contribution in [1.82, 2.24) is 20.2 Å². The molecule has 2 N–H and O–H groups in total. The Hall–Kier alpha value is -3.84. The molecule has 0 amide bonds. The Morgan fingerprint density at radius 3 is 2.33 bits per heavy atom. The van der Waals surface area contributed by atoms with Crippen LogP contribution in [-0.2, 0) is 11.3 Å². The van der Waals surface area contributed by atoms with Crippen molar-refractivity contribution in [1.29, 1.82) is 0 Å². The van der Waals surface area contributed by atoms with Crippen molar-refractivity contribution in [3.05, 3.63) is 82.6 Å². The van der Waals surface area contributed by atoms with Crippen LogP contribution in [0.1, 0.15) is 82.2 Å². The van der Waals surface area contributed by atoms with Crippen LogP contribution in [0, 0.1) is 0 Å². The maximum atomic E-state index is 13.7. The minimum absolute atomic E-state index is 0.0947.